The zero-order valence-electron chi connectivity index (χ0n) is 11.7. The molecule has 0 aliphatic carbocycles. The Morgan fingerprint density at radius 3 is 2.56 bits per heavy atom. The van der Waals surface area contributed by atoms with E-state index >= 15 is 0 Å². The first-order chi connectivity index (χ1) is 8.76. The van der Waals surface area contributed by atoms with E-state index in [-0.39, 0.29) is 11.9 Å². The minimum Gasteiger partial charge on any atom is -0.508 e. The maximum Gasteiger partial charge on any atom is 0.123 e. The molecule has 1 rings (SSSR count). The number of phenols is 1. The summed E-state index contributed by atoms with van der Waals surface area (Å²) in [4.78, 5) is 0. The molecule has 0 fully saturated rings. The molecule has 0 heterocycles. The van der Waals surface area contributed by atoms with E-state index < -0.39 is 0 Å². The number of rotatable bonds is 9. The zero-order valence-corrected chi connectivity index (χ0v) is 11.7. The number of phenolic OH excluding ortho intramolecular Hbond substituents is 1. The normalized spacial score (nSPS) is 12.3. The third kappa shape index (κ3) is 5.95. The van der Waals surface area contributed by atoms with Crippen molar-refractivity contribution in [2.24, 2.45) is 0 Å². The fourth-order valence-corrected chi connectivity index (χ4v) is 2.07. The maximum absolute atomic E-state index is 9.39. The largest absolute Gasteiger partial charge is 0.508 e. The minimum atomic E-state index is 0.269. The van der Waals surface area contributed by atoms with E-state index in [1.807, 2.05) is 12.1 Å². The molecule has 2 nitrogen and oxygen atoms in total. The summed E-state index contributed by atoms with van der Waals surface area (Å²) in [6.45, 7) is 4.39. The van der Waals surface area contributed by atoms with E-state index in [9.17, 15) is 5.11 Å². The Labute approximate surface area is 111 Å². The lowest BCUT2D eigenvalue weighted by molar-refractivity contribution is 0.182. The van der Waals surface area contributed by atoms with Gasteiger partial charge in [-0.05, 0) is 31.4 Å². The van der Waals surface area contributed by atoms with Gasteiger partial charge in [-0.15, -0.1) is 0 Å². The van der Waals surface area contributed by atoms with Gasteiger partial charge in [0.25, 0.3) is 0 Å². The molecule has 0 amide bonds. The van der Waals surface area contributed by atoms with Gasteiger partial charge in [0, 0.05) is 6.07 Å². The summed E-state index contributed by atoms with van der Waals surface area (Å²) in [7, 11) is 0. The lowest BCUT2D eigenvalue weighted by atomic mass is 10.1. The Morgan fingerprint density at radius 2 is 1.89 bits per heavy atom. The lowest BCUT2D eigenvalue weighted by Crippen LogP contribution is -2.15. The predicted octanol–water partition coefficient (Wildman–Crippen LogP) is 4.91. The first-order valence-corrected chi connectivity index (χ1v) is 7.22. The molecule has 0 bridgehead atoms. The summed E-state index contributed by atoms with van der Waals surface area (Å²) in [5, 5.41) is 9.39. The molecule has 0 saturated heterocycles. The fraction of sp³-hybridized carbons (Fsp3) is 0.625. The van der Waals surface area contributed by atoms with Gasteiger partial charge in [-0.1, -0.05) is 45.6 Å². The third-order valence-electron chi connectivity index (χ3n) is 3.21. The van der Waals surface area contributed by atoms with Crippen LogP contribution in [0.4, 0.5) is 0 Å². The summed E-state index contributed by atoms with van der Waals surface area (Å²) in [5.41, 5.74) is 0. The zero-order chi connectivity index (χ0) is 13.2. The van der Waals surface area contributed by atoms with Crippen LogP contribution < -0.4 is 4.74 Å². The van der Waals surface area contributed by atoms with Crippen molar-refractivity contribution in [2.45, 2.75) is 64.9 Å². The molecule has 102 valence electrons. The van der Waals surface area contributed by atoms with Crippen LogP contribution in [-0.4, -0.2) is 11.2 Å². The standard InChI is InChI=1S/C16H26O2/c1-3-5-6-7-8-11-15(4-2)18-16-12-9-10-14(17)13-16/h9-10,12-13,15,17H,3-8,11H2,1-2H3. The van der Waals surface area contributed by atoms with E-state index in [4.69, 9.17) is 4.74 Å². The van der Waals surface area contributed by atoms with E-state index in [0.717, 1.165) is 18.6 Å². The molecule has 0 saturated carbocycles. The number of aromatic hydroxyl groups is 1. The van der Waals surface area contributed by atoms with Gasteiger partial charge >= 0.3 is 0 Å². The summed E-state index contributed by atoms with van der Waals surface area (Å²) in [5.74, 6) is 1.04. The second-order valence-corrected chi connectivity index (χ2v) is 4.85. The van der Waals surface area contributed by atoms with Crippen LogP contribution in [0.1, 0.15) is 58.8 Å². The molecule has 0 spiro atoms. The molecule has 18 heavy (non-hydrogen) atoms. The highest BCUT2D eigenvalue weighted by molar-refractivity contribution is 5.31. The van der Waals surface area contributed by atoms with E-state index in [1.54, 1.807) is 12.1 Å². The first kappa shape index (κ1) is 14.9. The molecule has 2 heteroatoms. The Morgan fingerprint density at radius 1 is 1.11 bits per heavy atom. The summed E-state index contributed by atoms with van der Waals surface area (Å²) < 4.78 is 5.89. The molecule has 0 aliphatic rings. The molecule has 0 aromatic heterocycles. The SMILES string of the molecule is CCCCCCCC(CC)Oc1cccc(O)c1. The summed E-state index contributed by atoms with van der Waals surface area (Å²) in [6, 6.07) is 7.07. The Bertz CT molecular complexity index is 323. The number of ether oxygens (including phenoxy) is 1. The minimum absolute atomic E-state index is 0.269. The van der Waals surface area contributed by atoms with Crippen molar-refractivity contribution in [3.05, 3.63) is 24.3 Å². The Hall–Kier alpha value is -1.18. The first-order valence-electron chi connectivity index (χ1n) is 7.22. The van der Waals surface area contributed by atoms with Crippen molar-refractivity contribution in [1.82, 2.24) is 0 Å². The van der Waals surface area contributed by atoms with Crippen molar-refractivity contribution in [3.63, 3.8) is 0 Å². The van der Waals surface area contributed by atoms with Crippen LogP contribution in [0, 0.1) is 0 Å². The van der Waals surface area contributed by atoms with Crippen molar-refractivity contribution < 1.29 is 9.84 Å². The lowest BCUT2D eigenvalue weighted by Gasteiger charge is -2.17. The second kappa shape index (κ2) is 8.84. The van der Waals surface area contributed by atoms with E-state index in [2.05, 4.69) is 13.8 Å². The van der Waals surface area contributed by atoms with Gasteiger partial charge < -0.3 is 9.84 Å². The monoisotopic (exact) mass is 250 g/mol. The summed E-state index contributed by atoms with van der Waals surface area (Å²) in [6.07, 6.45) is 8.89. The van der Waals surface area contributed by atoms with Crippen LogP contribution in [0.15, 0.2) is 24.3 Å². The smallest absolute Gasteiger partial charge is 0.123 e. The van der Waals surface area contributed by atoms with Gasteiger partial charge in [0.15, 0.2) is 0 Å². The highest BCUT2D eigenvalue weighted by atomic mass is 16.5. The third-order valence-corrected chi connectivity index (χ3v) is 3.21. The van der Waals surface area contributed by atoms with Gasteiger partial charge in [-0.25, -0.2) is 0 Å². The molecule has 1 aromatic rings. The van der Waals surface area contributed by atoms with Crippen LogP contribution in [0.2, 0.25) is 0 Å². The van der Waals surface area contributed by atoms with E-state index in [0.29, 0.717) is 0 Å². The molecular formula is C16H26O2. The van der Waals surface area contributed by atoms with Crippen LogP contribution in [0.3, 0.4) is 0 Å². The van der Waals surface area contributed by atoms with Crippen LogP contribution in [-0.2, 0) is 0 Å². The maximum atomic E-state index is 9.39. The molecule has 1 aromatic carbocycles. The molecule has 1 N–H and O–H groups in total. The van der Waals surface area contributed by atoms with Crippen LogP contribution >= 0.6 is 0 Å². The van der Waals surface area contributed by atoms with Crippen molar-refractivity contribution in [1.29, 1.82) is 0 Å². The Kier molecular flexibility index (Phi) is 7.31. The molecule has 0 radical (unpaired) electrons. The number of hydrogen-bond donors (Lipinski definition) is 1. The topological polar surface area (TPSA) is 29.5 Å². The predicted molar refractivity (Wildman–Crippen MR) is 76.2 cm³/mol. The van der Waals surface area contributed by atoms with Crippen molar-refractivity contribution in [2.75, 3.05) is 0 Å². The Balaban J connectivity index is 2.28. The summed E-state index contributed by atoms with van der Waals surface area (Å²) >= 11 is 0. The van der Waals surface area contributed by atoms with Gasteiger partial charge in [-0.2, -0.15) is 0 Å². The van der Waals surface area contributed by atoms with Gasteiger partial charge in [0.05, 0.1) is 6.10 Å². The molecule has 1 unspecified atom stereocenters. The quantitative estimate of drug-likeness (QED) is 0.631. The van der Waals surface area contributed by atoms with Gasteiger partial charge in [0.2, 0.25) is 0 Å². The number of hydrogen-bond acceptors (Lipinski definition) is 2. The van der Waals surface area contributed by atoms with E-state index in [1.165, 1.54) is 32.1 Å². The fourth-order valence-electron chi connectivity index (χ4n) is 2.07. The average molecular weight is 250 g/mol. The molecule has 0 aliphatic heterocycles. The van der Waals surface area contributed by atoms with Gasteiger partial charge in [0.1, 0.15) is 11.5 Å². The van der Waals surface area contributed by atoms with Crippen LogP contribution in [0.25, 0.3) is 0 Å². The second-order valence-electron chi connectivity index (χ2n) is 4.85. The van der Waals surface area contributed by atoms with Crippen molar-refractivity contribution >= 4 is 0 Å². The molecular weight excluding hydrogens is 224 g/mol. The highest BCUT2D eigenvalue weighted by Crippen LogP contribution is 2.21. The van der Waals surface area contributed by atoms with Gasteiger partial charge in [-0.3, -0.25) is 0 Å². The number of unbranched alkanes of at least 4 members (excludes halogenated alkanes) is 4. The average Bonchev–Trinajstić information content (AvgIpc) is 2.37. The van der Waals surface area contributed by atoms with Crippen LogP contribution in [0.5, 0.6) is 11.5 Å². The highest BCUT2D eigenvalue weighted by Gasteiger charge is 2.08. The number of benzene rings is 1. The molecule has 1 atom stereocenters. The van der Waals surface area contributed by atoms with Crippen molar-refractivity contribution in [3.8, 4) is 11.5 Å².